The van der Waals surface area contributed by atoms with Gasteiger partial charge < -0.3 is 21.3 Å². The minimum absolute atomic E-state index is 0.155. The first-order chi connectivity index (χ1) is 15.6. The van der Waals surface area contributed by atoms with Gasteiger partial charge in [0.05, 0.1) is 12.6 Å². The van der Waals surface area contributed by atoms with Gasteiger partial charge in [-0.05, 0) is 50.4 Å². The third-order valence-corrected chi connectivity index (χ3v) is 6.63. The van der Waals surface area contributed by atoms with Crippen molar-refractivity contribution >= 4 is 23.7 Å². The van der Waals surface area contributed by atoms with E-state index in [1.165, 1.54) is 44.9 Å². The summed E-state index contributed by atoms with van der Waals surface area (Å²) < 4.78 is 4.63. The van der Waals surface area contributed by atoms with E-state index in [2.05, 4.69) is 33.1 Å². The van der Waals surface area contributed by atoms with Crippen molar-refractivity contribution in [2.24, 2.45) is 39.2 Å². The number of nitrogens with zero attached hydrogens (tertiary/aromatic N) is 3. The molecule has 0 heterocycles. The Morgan fingerprint density at radius 1 is 1.15 bits per heavy atom. The number of nitrogens with two attached hydrogens (primary N) is 2. The summed E-state index contributed by atoms with van der Waals surface area (Å²) in [5.41, 5.74) is 11.7. The predicted molar refractivity (Wildman–Crippen MR) is 132 cm³/mol. The molecule has 9 heteroatoms. The van der Waals surface area contributed by atoms with Crippen molar-refractivity contribution in [1.82, 2.24) is 4.90 Å². The fourth-order valence-corrected chi connectivity index (χ4v) is 4.87. The molecule has 1 amide bonds. The van der Waals surface area contributed by atoms with E-state index in [4.69, 9.17) is 16.9 Å². The Labute approximate surface area is 197 Å². The molecule has 6 N–H and O–H groups in total. The molecule has 0 aliphatic heterocycles. The number of nitrogens with one attached hydrogen (secondary N) is 1. The highest BCUT2D eigenvalue weighted by atomic mass is 16.6. The van der Waals surface area contributed by atoms with Gasteiger partial charge in [0, 0.05) is 18.8 Å². The summed E-state index contributed by atoms with van der Waals surface area (Å²) >= 11 is 0. The van der Waals surface area contributed by atoms with Gasteiger partial charge in [-0.15, -0.1) is 0 Å². The molecule has 0 saturated heterocycles. The standard InChI is InChI=1S/C24H42N6O3/c1-16(2)28-23(22(26)33-24(27)32)29-21(25)15-30(13-18-11-9-17(3)10-12-18)14-20(31)19-7-5-4-6-8-19/h17-20,26,31H,1,4-15H2,2-3H3,(H2,27,32)(H2,25,28,29)/t17-,18-,20?. The average molecular weight is 463 g/mol. The average Bonchev–Trinajstić information content (AvgIpc) is 2.74. The lowest BCUT2D eigenvalue weighted by Crippen LogP contribution is -2.44. The lowest BCUT2D eigenvalue weighted by molar-refractivity contribution is 0.0448. The van der Waals surface area contributed by atoms with E-state index in [9.17, 15) is 9.90 Å². The number of carbonyl (C=O) groups is 1. The van der Waals surface area contributed by atoms with Crippen LogP contribution in [0.1, 0.15) is 71.6 Å². The molecular weight excluding hydrogens is 420 g/mol. The number of hydrogen-bond acceptors (Lipinski definition) is 6. The van der Waals surface area contributed by atoms with Crippen molar-refractivity contribution in [2.75, 3.05) is 19.6 Å². The van der Waals surface area contributed by atoms with Gasteiger partial charge in [0.2, 0.25) is 5.84 Å². The SMILES string of the molecule is C=C(C)/N=C(\N=C(\N)CN(CC(O)C1CCCCC1)C[C@H]1CC[C@H](C)CC1)C(=N)OC(N)=O. The number of aliphatic imine (C=N–C) groups is 2. The van der Waals surface area contributed by atoms with E-state index in [1.54, 1.807) is 6.92 Å². The van der Waals surface area contributed by atoms with Crippen LogP contribution in [0.4, 0.5) is 4.79 Å². The predicted octanol–water partition coefficient (Wildman–Crippen LogP) is 3.42. The number of aliphatic hydroxyl groups excluding tert-OH is 1. The molecule has 0 bridgehead atoms. The summed E-state index contributed by atoms with van der Waals surface area (Å²) in [6.07, 6.45) is 9.01. The fraction of sp³-hybridized carbons (Fsp3) is 0.750. The summed E-state index contributed by atoms with van der Waals surface area (Å²) in [7, 11) is 0. The van der Waals surface area contributed by atoms with Crippen molar-refractivity contribution in [3.05, 3.63) is 12.3 Å². The Kier molecular flexibility index (Phi) is 11.0. The van der Waals surface area contributed by atoms with Crippen LogP contribution < -0.4 is 11.5 Å². The maximum Gasteiger partial charge on any atom is 0.411 e. The van der Waals surface area contributed by atoms with Gasteiger partial charge in [-0.25, -0.2) is 14.8 Å². The molecule has 186 valence electrons. The fourth-order valence-electron chi connectivity index (χ4n) is 4.87. The molecule has 1 atom stereocenters. The number of allylic oxidation sites excluding steroid dienone is 1. The summed E-state index contributed by atoms with van der Waals surface area (Å²) in [5.74, 6) is 1.15. The van der Waals surface area contributed by atoms with Crippen molar-refractivity contribution < 1.29 is 14.6 Å². The number of amides is 1. The van der Waals surface area contributed by atoms with Gasteiger partial charge in [-0.1, -0.05) is 45.6 Å². The number of carbonyl (C=O) groups excluding carboxylic acids is 1. The van der Waals surface area contributed by atoms with E-state index in [1.807, 2.05) is 0 Å². The Bertz CT molecular complexity index is 736. The summed E-state index contributed by atoms with van der Waals surface area (Å²) in [6, 6.07) is 0. The Morgan fingerprint density at radius 3 is 2.36 bits per heavy atom. The van der Waals surface area contributed by atoms with Crippen molar-refractivity contribution in [2.45, 2.75) is 77.7 Å². The first-order valence-corrected chi connectivity index (χ1v) is 12.2. The van der Waals surface area contributed by atoms with Crippen molar-refractivity contribution in [1.29, 1.82) is 5.41 Å². The summed E-state index contributed by atoms with van der Waals surface area (Å²) in [5, 5.41) is 18.9. The topological polar surface area (TPSA) is 150 Å². The monoisotopic (exact) mass is 462 g/mol. The largest absolute Gasteiger partial charge is 0.411 e. The van der Waals surface area contributed by atoms with Crippen LogP contribution in [0.25, 0.3) is 0 Å². The maximum absolute atomic E-state index is 11.0. The molecule has 1 unspecified atom stereocenters. The van der Waals surface area contributed by atoms with Crippen LogP contribution in [-0.2, 0) is 4.74 Å². The number of hydrogen-bond donors (Lipinski definition) is 4. The third-order valence-electron chi connectivity index (χ3n) is 6.63. The summed E-state index contributed by atoms with van der Waals surface area (Å²) in [4.78, 5) is 21.5. The van der Waals surface area contributed by atoms with Gasteiger partial charge in [-0.3, -0.25) is 10.3 Å². The smallest absolute Gasteiger partial charge is 0.392 e. The van der Waals surface area contributed by atoms with E-state index >= 15 is 0 Å². The Morgan fingerprint density at radius 2 is 1.79 bits per heavy atom. The van der Waals surface area contributed by atoms with Gasteiger partial charge in [0.1, 0.15) is 5.84 Å². The van der Waals surface area contributed by atoms with Crippen LogP contribution >= 0.6 is 0 Å². The number of ether oxygens (including phenoxy) is 1. The Balaban J connectivity index is 2.13. The number of aliphatic hydroxyl groups is 1. The van der Waals surface area contributed by atoms with E-state index in [0.717, 1.165) is 25.3 Å². The lowest BCUT2D eigenvalue weighted by atomic mass is 9.82. The number of primary amides is 1. The highest BCUT2D eigenvalue weighted by Gasteiger charge is 2.27. The molecule has 33 heavy (non-hydrogen) atoms. The lowest BCUT2D eigenvalue weighted by Gasteiger charge is -2.35. The van der Waals surface area contributed by atoms with Gasteiger partial charge in [0.15, 0.2) is 0 Å². The molecule has 2 saturated carbocycles. The molecule has 2 aliphatic rings. The molecule has 2 fully saturated rings. The van der Waals surface area contributed by atoms with Crippen molar-refractivity contribution in [3.8, 4) is 0 Å². The second kappa shape index (κ2) is 13.4. The van der Waals surface area contributed by atoms with E-state index in [0.29, 0.717) is 30.6 Å². The quantitative estimate of drug-likeness (QED) is 0.322. The normalized spacial score (nSPS) is 23.9. The molecular formula is C24H42N6O3. The van der Waals surface area contributed by atoms with Crippen LogP contribution in [-0.4, -0.2) is 59.4 Å². The molecule has 2 aliphatic carbocycles. The minimum Gasteiger partial charge on any atom is -0.392 e. The highest BCUT2D eigenvalue weighted by Crippen LogP contribution is 2.30. The molecule has 0 spiro atoms. The number of amidine groups is 2. The van der Waals surface area contributed by atoms with Crippen LogP contribution in [0.3, 0.4) is 0 Å². The third kappa shape index (κ3) is 10.0. The molecule has 9 nitrogen and oxygen atoms in total. The first-order valence-electron chi connectivity index (χ1n) is 12.2. The first kappa shape index (κ1) is 27.0. The van der Waals surface area contributed by atoms with Gasteiger partial charge in [-0.2, -0.15) is 0 Å². The Hall–Kier alpha value is -2.26. The number of rotatable bonds is 8. The van der Waals surface area contributed by atoms with Crippen LogP contribution in [0.5, 0.6) is 0 Å². The van der Waals surface area contributed by atoms with Gasteiger partial charge in [0.25, 0.3) is 5.90 Å². The second-order valence-corrected chi connectivity index (χ2v) is 9.81. The van der Waals surface area contributed by atoms with Crippen LogP contribution in [0.15, 0.2) is 22.3 Å². The zero-order valence-corrected chi connectivity index (χ0v) is 20.3. The van der Waals surface area contributed by atoms with E-state index in [-0.39, 0.29) is 11.7 Å². The summed E-state index contributed by atoms with van der Waals surface area (Å²) in [6.45, 7) is 9.34. The molecule has 0 radical (unpaired) electrons. The second-order valence-electron chi connectivity index (χ2n) is 9.81. The maximum atomic E-state index is 11.0. The minimum atomic E-state index is -1.12. The molecule has 0 aromatic carbocycles. The van der Waals surface area contributed by atoms with Gasteiger partial charge >= 0.3 is 6.09 Å². The molecule has 2 rings (SSSR count). The molecule has 0 aromatic heterocycles. The zero-order valence-electron chi connectivity index (χ0n) is 20.3. The molecule has 0 aromatic rings. The van der Waals surface area contributed by atoms with Crippen molar-refractivity contribution in [3.63, 3.8) is 0 Å². The van der Waals surface area contributed by atoms with E-state index < -0.39 is 18.1 Å². The van der Waals surface area contributed by atoms with Crippen LogP contribution in [0, 0.1) is 23.2 Å². The zero-order chi connectivity index (χ0) is 24.4. The van der Waals surface area contributed by atoms with Crippen LogP contribution in [0.2, 0.25) is 0 Å². The highest BCUT2D eigenvalue weighted by molar-refractivity contribution is 6.40.